The van der Waals surface area contributed by atoms with Crippen LogP contribution in [0, 0.1) is 0 Å². The highest BCUT2D eigenvalue weighted by molar-refractivity contribution is 9.10. The molecule has 1 saturated heterocycles. The van der Waals surface area contributed by atoms with Crippen LogP contribution in [0.2, 0.25) is 0 Å². The molecule has 0 aliphatic carbocycles. The number of benzene rings is 3. The van der Waals surface area contributed by atoms with Crippen molar-refractivity contribution >= 4 is 56.5 Å². The molecule has 3 amide bonds. The number of imide groups is 1. The van der Waals surface area contributed by atoms with Gasteiger partial charge in [-0.3, -0.25) is 19.3 Å². The van der Waals surface area contributed by atoms with Gasteiger partial charge < -0.3 is 14.8 Å². The van der Waals surface area contributed by atoms with E-state index in [1.54, 1.807) is 36.4 Å². The lowest BCUT2D eigenvalue weighted by Crippen LogP contribution is -2.27. The van der Waals surface area contributed by atoms with E-state index in [9.17, 15) is 14.4 Å². The minimum absolute atomic E-state index is 0.195. The van der Waals surface area contributed by atoms with Crippen molar-refractivity contribution in [1.29, 1.82) is 0 Å². The van der Waals surface area contributed by atoms with Gasteiger partial charge in [-0.15, -0.1) is 0 Å². The summed E-state index contributed by atoms with van der Waals surface area (Å²) in [6.07, 6.45) is 1.64. The number of anilines is 1. The summed E-state index contributed by atoms with van der Waals surface area (Å²) in [7, 11) is 1.49. The summed E-state index contributed by atoms with van der Waals surface area (Å²) in [6.45, 7) is 0.00990. The Bertz CT molecular complexity index is 1280. The van der Waals surface area contributed by atoms with Crippen LogP contribution in [0.4, 0.5) is 10.5 Å². The Morgan fingerprint density at radius 3 is 2.49 bits per heavy atom. The number of rotatable bonds is 8. The van der Waals surface area contributed by atoms with Gasteiger partial charge in [0.15, 0.2) is 18.1 Å². The maximum absolute atomic E-state index is 12.8. The summed E-state index contributed by atoms with van der Waals surface area (Å²) in [5.74, 6) is 0.137. The summed E-state index contributed by atoms with van der Waals surface area (Å²) in [5, 5.41) is 2.43. The van der Waals surface area contributed by atoms with Crippen molar-refractivity contribution in [3.05, 3.63) is 93.3 Å². The van der Waals surface area contributed by atoms with E-state index in [1.165, 1.54) is 12.0 Å². The van der Waals surface area contributed by atoms with Crippen molar-refractivity contribution < 1.29 is 23.9 Å². The lowest BCUT2D eigenvalue weighted by atomic mass is 10.1. The lowest BCUT2D eigenvalue weighted by molar-refractivity contribution is -0.123. The Morgan fingerprint density at radius 1 is 1.03 bits per heavy atom. The number of methoxy groups -OCH3 is 1. The molecule has 3 aromatic rings. The first-order valence-electron chi connectivity index (χ1n) is 10.6. The van der Waals surface area contributed by atoms with Gasteiger partial charge in [0.25, 0.3) is 17.1 Å². The Balaban J connectivity index is 1.42. The number of ether oxygens (including phenoxy) is 2. The number of hydrogen-bond donors (Lipinski definition) is 1. The van der Waals surface area contributed by atoms with Gasteiger partial charge in [0.1, 0.15) is 0 Å². The van der Waals surface area contributed by atoms with Crippen LogP contribution in [-0.4, -0.2) is 35.7 Å². The van der Waals surface area contributed by atoms with Gasteiger partial charge in [-0.2, -0.15) is 0 Å². The Kier molecular flexibility index (Phi) is 7.89. The average molecular weight is 553 g/mol. The van der Waals surface area contributed by atoms with Crippen LogP contribution in [0.5, 0.6) is 11.5 Å². The third kappa shape index (κ3) is 6.32. The van der Waals surface area contributed by atoms with E-state index >= 15 is 0 Å². The largest absolute Gasteiger partial charge is 0.493 e. The second-order valence-electron chi connectivity index (χ2n) is 7.51. The van der Waals surface area contributed by atoms with Gasteiger partial charge in [-0.05, 0) is 65.4 Å². The zero-order valence-corrected chi connectivity index (χ0v) is 21.1. The smallest absolute Gasteiger partial charge is 0.293 e. The van der Waals surface area contributed by atoms with Crippen molar-refractivity contribution in [3.8, 4) is 11.5 Å². The molecule has 9 heteroatoms. The molecule has 0 spiro atoms. The molecule has 3 aromatic carbocycles. The monoisotopic (exact) mass is 552 g/mol. The molecular formula is C26H21BrN2O5S. The van der Waals surface area contributed by atoms with Gasteiger partial charge in [-0.25, -0.2) is 0 Å². The fraction of sp³-hybridized carbons (Fsp3) is 0.115. The van der Waals surface area contributed by atoms with E-state index in [4.69, 9.17) is 9.47 Å². The van der Waals surface area contributed by atoms with Crippen LogP contribution in [0.15, 0.2) is 82.2 Å². The zero-order chi connectivity index (χ0) is 24.8. The van der Waals surface area contributed by atoms with E-state index in [0.29, 0.717) is 27.7 Å². The fourth-order valence-electron chi connectivity index (χ4n) is 3.32. The predicted octanol–water partition coefficient (Wildman–Crippen LogP) is 5.71. The second-order valence-corrected chi connectivity index (χ2v) is 9.42. The van der Waals surface area contributed by atoms with Gasteiger partial charge in [0.05, 0.1) is 18.6 Å². The summed E-state index contributed by atoms with van der Waals surface area (Å²) in [6, 6.07) is 21.6. The van der Waals surface area contributed by atoms with Crippen molar-refractivity contribution in [2.24, 2.45) is 0 Å². The van der Waals surface area contributed by atoms with Crippen LogP contribution in [0.3, 0.4) is 0 Å². The molecule has 0 radical (unpaired) electrons. The van der Waals surface area contributed by atoms with E-state index < -0.39 is 0 Å². The highest BCUT2D eigenvalue weighted by Crippen LogP contribution is 2.35. The van der Waals surface area contributed by atoms with Crippen molar-refractivity contribution in [2.45, 2.75) is 6.54 Å². The molecule has 0 atom stereocenters. The van der Waals surface area contributed by atoms with Gasteiger partial charge in [-0.1, -0.05) is 52.3 Å². The Morgan fingerprint density at radius 2 is 1.77 bits per heavy atom. The number of amides is 3. The molecular weight excluding hydrogens is 532 g/mol. The maximum atomic E-state index is 12.8. The number of para-hydroxylation sites is 1. The van der Waals surface area contributed by atoms with Gasteiger partial charge in [0.2, 0.25) is 0 Å². The molecule has 35 heavy (non-hydrogen) atoms. The SMILES string of the molecule is COc1cc(/C=C2\SC(=O)N(Cc3ccc(Br)cc3)C2=O)ccc1OCC(=O)Nc1ccccc1. The van der Waals surface area contributed by atoms with Crippen LogP contribution in [-0.2, 0) is 16.1 Å². The molecule has 1 N–H and O–H groups in total. The minimum Gasteiger partial charge on any atom is -0.493 e. The summed E-state index contributed by atoms with van der Waals surface area (Å²) < 4.78 is 11.9. The first-order chi connectivity index (χ1) is 16.9. The molecule has 4 rings (SSSR count). The molecule has 1 aliphatic heterocycles. The fourth-order valence-corrected chi connectivity index (χ4v) is 4.42. The number of carbonyl (C=O) groups excluding carboxylic acids is 3. The Labute approximate surface area is 215 Å². The first kappa shape index (κ1) is 24.6. The number of carbonyl (C=O) groups is 3. The van der Waals surface area contributed by atoms with Crippen LogP contribution < -0.4 is 14.8 Å². The highest BCUT2D eigenvalue weighted by atomic mass is 79.9. The summed E-state index contributed by atoms with van der Waals surface area (Å²) in [4.78, 5) is 39.0. The molecule has 1 aliphatic rings. The average Bonchev–Trinajstić information content (AvgIpc) is 3.12. The molecule has 7 nitrogen and oxygen atoms in total. The number of hydrogen-bond acceptors (Lipinski definition) is 6. The standard InChI is InChI=1S/C26H21BrN2O5S/c1-33-22-13-18(9-12-21(22)34-16-24(30)28-20-5-3-2-4-6-20)14-23-25(31)29(26(32)35-23)15-17-7-10-19(27)11-8-17/h2-14H,15-16H2,1H3,(H,28,30)/b23-14-. The van der Waals surface area contributed by atoms with Gasteiger partial charge >= 0.3 is 0 Å². The van der Waals surface area contributed by atoms with Crippen LogP contribution in [0.1, 0.15) is 11.1 Å². The normalized spacial score (nSPS) is 14.3. The summed E-state index contributed by atoms with van der Waals surface area (Å²) >= 11 is 4.27. The zero-order valence-electron chi connectivity index (χ0n) is 18.7. The maximum Gasteiger partial charge on any atom is 0.293 e. The van der Waals surface area contributed by atoms with Crippen molar-refractivity contribution in [3.63, 3.8) is 0 Å². The third-order valence-electron chi connectivity index (χ3n) is 5.03. The van der Waals surface area contributed by atoms with E-state index in [0.717, 1.165) is 21.8 Å². The van der Waals surface area contributed by atoms with Crippen LogP contribution in [0.25, 0.3) is 6.08 Å². The van der Waals surface area contributed by atoms with E-state index in [-0.39, 0.29) is 30.2 Å². The van der Waals surface area contributed by atoms with E-state index in [2.05, 4.69) is 21.2 Å². The Hall–Kier alpha value is -3.56. The van der Waals surface area contributed by atoms with Gasteiger partial charge in [0, 0.05) is 10.2 Å². The topological polar surface area (TPSA) is 84.9 Å². The predicted molar refractivity (Wildman–Crippen MR) is 139 cm³/mol. The number of nitrogens with zero attached hydrogens (tertiary/aromatic N) is 1. The molecule has 0 saturated carbocycles. The second kappa shape index (κ2) is 11.2. The van der Waals surface area contributed by atoms with Crippen LogP contribution >= 0.6 is 27.7 Å². The third-order valence-corrected chi connectivity index (χ3v) is 6.47. The number of thioether (sulfide) groups is 1. The highest BCUT2D eigenvalue weighted by Gasteiger charge is 2.35. The molecule has 0 aromatic heterocycles. The quantitative estimate of drug-likeness (QED) is 0.360. The molecule has 0 bridgehead atoms. The first-order valence-corrected chi connectivity index (χ1v) is 12.2. The minimum atomic E-state index is -0.347. The molecule has 178 valence electrons. The molecule has 0 unspecified atom stereocenters. The number of halogens is 1. The van der Waals surface area contributed by atoms with Crippen molar-refractivity contribution in [1.82, 2.24) is 4.90 Å². The summed E-state index contributed by atoms with van der Waals surface area (Å²) in [5.41, 5.74) is 2.20. The number of nitrogens with one attached hydrogen (secondary N) is 1. The molecule has 1 heterocycles. The van der Waals surface area contributed by atoms with E-state index in [1.807, 2.05) is 42.5 Å². The lowest BCUT2D eigenvalue weighted by Gasteiger charge is -2.12. The van der Waals surface area contributed by atoms with Crippen molar-refractivity contribution in [2.75, 3.05) is 19.0 Å². The molecule has 1 fully saturated rings.